The second kappa shape index (κ2) is 5.08. The van der Waals surface area contributed by atoms with Crippen molar-refractivity contribution in [2.24, 2.45) is 0 Å². The number of nitriles is 1. The highest BCUT2D eigenvalue weighted by atomic mass is 16.5. The first kappa shape index (κ1) is 11.9. The van der Waals surface area contributed by atoms with Crippen molar-refractivity contribution in [1.29, 1.82) is 5.26 Å². The average molecular weight is 217 g/mol. The van der Waals surface area contributed by atoms with Crippen LogP contribution in [0, 0.1) is 18.3 Å². The Morgan fingerprint density at radius 1 is 1.56 bits per heavy atom. The van der Waals surface area contributed by atoms with Gasteiger partial charge in [-0.25, -0.2) is 4.79 Å². The Labute approximate surface area is 93.5 Å². The summed E-state index contributed by atoms with van der Waals surface area (Å²) in [5, 5.41) is 8.87. The van der Waals surface area contributed by atoms with E-state index in [-0.39, 0.29) is 23.3 Å². The highest BCUT2D eigenvalue weighted by molar-refractivity contribution is 6.01. The van der Waals surface area contributed by atoms with Crippen molar-refractivity contribution in [2.75, 3.05) is 6.61 Å². The minimum atomic E-state index is -0.634. The van der Waals surface area contributed by atoms with Crippen LogP contribution in [0.2, 0.25) is 0 Å². The molecular weight excluding hydrogens is 206 g/mol. The van der Waals surface area contributed by atoms with Crippen molar-refractivity contribution in [3.8, 4) is 6.07 Å². The lowest BCUT2D eigenvalue weighted by Crippen LogP contribution is -2.11. The van der Waals surface area contributed by atoms with Gasteiger partial charge in [0.2, 0.25) is 0 Å². The van der Waals surface area contributed by atoms with Gasteiger partial charge in [-0.05, 0) is 25.5 Å². The van der Waals surface area contributed by atoms with Gasteiger partial charge >= 0.3 is 5.97 Å². The first-order valence-electron chi connectivity index (χ1n) is 4.81. The van der Waals surface area contributed by atoms with Crippen molar-refractivity contribution >= 4 is 12.3 Å². The Balaban J connectivity index is 3.43. The normalized spacial score (nSPS) is 9.31. The van der Waals surface area contributed by atoms with E-state index in [2.05, 4.69) is 0 Å². The molecule has 0 saturated carbocycles. The van der Waals surface area contributed by atoms with E-state index in [0.29, 0.717) is 11.8 Å². The van der Waals surface area contributed by atoms with Gasteiger partial charge in [-0.1, -0.05) is 6.07 Å². The number of ether oxygens (including phenoxy) is 1. The second-order valence-corrected chi connectivity index (χ2v) is 3.17. The van der Waals surface area contributed by atoms with Crippen molar-refractivity contribution in [1.82, 2.24) is 0 Å². The second-order valence-electron chi connectivity index (χ2n) is 3.17. The summed E-state index contributed by atoms with van der Waals surface area (Å²) in [6.45, 7) is 3.57. The van der Waals surface area contributed by atoms with Crippen molar-refractivity contribution in [2.45, 2.75) is 13.8 Å². The highest BCUT2D eigenvalue weighted by Crippen LogP contribution is 2.18. The Morgan fingerprint density at radius 3 is 2.75 bits per heavy atom. The van der Waals surface area contributed by atoms with Crippen LogP contribution >= 0.6 is 0 Å². The number of carbonyl (C=O) groups excluding carboxylic acids is 2. The van der Waals surface area contributed by atoms with E-state index in [1.807, 2.05) is 6.07 Å². The molecule has 0 atom stereocenters. The number of esters is 1. The fourth-order valence-electron chi connectivity index (χ4n) is 1.39. The average Bonchev–Trinajstić information content (AvgIpc) is 2.28. The van der Waals surface area contributed by atoms with E-state index in [1.54, 1.807) is 19.9 Å². The number of benzene rings is 1. The van der Waals surface area contributed by atoms with Crippen molar-refractivity contribution in [3.05, 3.63) is 34.4 Å². The minimum absolute atomic E-state index is 0.0550. The zero-order valence-corrected chi connectivity index (χ0v) is 9.11. The molecule has 4 nitrogen and oxygen atoms in total. The molecule has 4 heteroatoms. The molecule has 0 aliphatic rings. The summed E-state index contributed by atoms with van der Waals surface area (Å²) in [4.78, 5) is 22.5. The zero-order valence-electron chi connectivity index (χ0n) is 9.11. The SMILES string of the molecule is CCOC(=O)c1c(C#N)ccc(C)c1C=O. The van der Waals surface area contributed by atoms with Crippen LogP contribution in [-0.4, -0.2) is 18.9 Å². The predicted octanol–water partition coefficient (Wildman–Crippen LogP) is 1.86. The van der Waals surface area contributed by atoms with Gasteiger partial charge in [0.1, 0.15) is 6.07 Å². The summed E-state index contributed by atoms with van der Waals surface area (Å²) < 4.78 is 4.82. The minimum Gasteiger partial charge on any atom is -0.462 e. The molecule has 0 amide bonds. The quantitative estimate of drug-likeness (QED) is 0.572. The third-order valence-corrected chi connectivity index (χ3v) is 2.18. The predicted molar refractivity (Wildman–Crippen MR) is 57.2 cm³/mol. The molecule has 1 aromatic carbocycles. The third-order valence-electron chi connectivity index (χ3n) is 2.18. The first-order valence-corrected chi connectivity index (χ1v) is 4.81. The number of hydrogen-bond donors (Lipinski definition) is 0. The Morgan fingerprint density at radius 2 is 2.25 bits per heavy atom. The summed E-state index contributed by atoms with van der Waals surface area (Å²) >= 11 is 0. The maximum atomic E-state index is 11.6. The monoisotopic (exact) mass is 217 g/mol. The summed E-state index contributed by atoms with van der Waals surface area (Å²) in [5.41, 5.74) is 1.08. The maximum Gasteiger partial charge on any atom is 0.340 e. The lowest BCUT2D eigenvalue weighted by molar-refractivity contribution is 0.0523. The molecule has 82 valence electrons. The molecule has 0 heterocycles. The van der Waals surface area contributed by atoms with E-state index in [9.17, 15) is 9.59 Å². The van der Waals surface area contributed by atoms with E-state index in [4.69, 9.17) is 10.00 Å². The van der Waals surface area contributed by atoms with Gasteiger partial charge in [-0.2, -0.15) is 5.26 Å². The largest absolute Gasteiger partial charge is 0.462 e. The topological polar surface area (TPSA) is 67.2 Å². The Hall–Kier alpha value is -2.15. The van der Waals surface area contributed by atoms with E-state index < -0.39 is 5.97 Å². The van der Waals surface area contributed by atoms with Crippen LogP contribution in [0.5, 0.6) is 0 Å². The highest BCUT2D eigenvalue weighted by Gasteiger charge is 2.18. The number of rotatable bonds is 3. The summed E-state index contributed by atoms with van der Waals surface area (Å²) in [7, 11) is 0. The number of aryl methyl sites for hydroxylation is 1. The number of nitrogens with zero attached hydrogens (tertiary/aromatic N) is 1. The van der Waals surface area contributed by atoms with Crippen LogP contribution < -0.4 is 0 Å². The Kier molecular flexibility index (Phi) is 3.78. The number of hydrogen-bond acceptors (Lipinski definition) is 4. The fourth-order valence-corrected chi connectivity index (χ4v) is 1.39. The number of aldehydes is 1. The molecule has 0 bridgehead atoms. The van der Waals surface area contributed by atoms with Crippen LogP contribution in [-0.2, 0) is 4.74 Å². The maximum absolute atomic E-state index is 11.6. The molecule has 0 aliphatic carbocycles. The van der Waals surface area contributed by atoms with Crippen LogP contribution in [0.4, 0.5) is 0 Å². The Bertz CT molecular complexity index is 472. The molecule has 1 aromatic rings. The van der Waals surface area contributed by atoms with Crippen LogP contribution in [0.25, 0.3) is 0 Å². The van der Waals surface area contributed by atoms with Crippen LogP contribution in [0.1, 0.15) is 38.8 Å². The lowest BCUT2D eigenvalue weighted by Gasteiger charge is -2.08. The van der Waals surface area contributed by atoms with Gasteiger partial charge in [-0.15, -0.1) is 0 Å². The van der Waals surface area contributed by atoms with E-state index in [0.717, 1.165) is 0 Å². The molecule has 0 N–H and O–H groups in total. The molecule has 0 aliphatic heterocycles. The molecule has 16 heavy (non-hydrogen) atoms. The molecule has 0 unspecified atom stereocenters. The molecule has 0 radical (unpaired) electrons. The molecule has 0 saturated heterocycles. The van der Waals surface area contributed by atoms with Gasteiger partial charge in [0.05, 0.1) is 17.7 Å². The van der Waals surface area contributed by atoms with Gasteiger partial charge in [-0.3, -0.25) is 4.79 Å². The smallest absolute Gasteiger partial charge is 0.340 e. The molecule has 0 spiro atoms. The van der Waals surface area contributed by atoms with Crippen LogP contribution in [0.15, 0.2) is 12.1 Å². The number of carbonyl (C=O) groups is 2. The van der Waals surface area contributed by atoms with Gasteiger partial charge in [0, 0.05) is 5.56 Å². The van der Waals surface area contributed by atoms with Crippen molar-refractivity contribution < 1.29 is 14.3 Å². The zero-order chi connectivity index (χ0) is 12.1. The summed E-state index contributed by atoms with van der Waals surface area (Å²) in [5.74, 6) is -0.634. The lowest BCUT2D eigenvalue weighted by atomic mass is 9.98. The molecule has 1 rings (SSSR count). The fraction of sp³-hybridized carbons (Fsp3) is 0.250. The van der Waals surface area contributed by atoms with E-state index in [1.165, 1.54) is 6.07 Å². The molecule has 0 aromatic heterocycles. The summed E-state index contributed by atoms with van der Waals surface area (Å²) in [6, 6.07) is 5.02. The van der Waals surface area contributed by atoms with Gasteiger partial charge in [0.15, 0.2) is 6.29 Å². The van der Waals surface area contributed by atoms with E-state index >= 15 is 0 Å². The first-order chi connectivity index (χ1) is 7.65. The standard InChI is InChI=1S/C12H11NO3/c1-3-16-12(15)11-9(6-13)5-4-8(2)10(11)7-14/h4-5,7H,3H2,1-2H3. The molecule has 0 fully saturated rings. The van der Waals surface area contributed by atoms with Gasteiger partial charge < -0.3 is 4.74 Å². The van der Waals surface area contributed by atoms with Gasteiger partial charge in [0.25, 0.3) is 0 Å². The van der Waals surface area contributed by atoms with Crippen LogP contribution in [0.3, 0.4) is 0 Å². The van der Waals surface area contributed by atoms with Crippen molar-refractivity contribution in [3.63, 3.8) is 0 Å². The third kappa shape index (κ3) is 2.09. The molecular formula is C12H11NO3. The summed E-state index contributed by atoms with van der Waals surface area (Å²) in [6.07, 6.45) is 0.572.